The lowest BCUT2D eigenvalue weighted by Gasteiger charge is -2.21. The van der Waals surface area contributed by atoms with Crippen LogP contribution in [0.5, 0.6) is 5.75 Å². The number of hydrogen-bond acceptors (Lipinski definition) is 4. The Balaban J connectivity index is 2.44. The molecule has 0 fully saturated rings. The first-order valence-electron chi connectivity index (χ1n) is 7.03. The van der Waals surface area contributed by atoms with Crippen molar-refractivity contribution in [2.45, 2.75) is 39.3 Å². The Morgan fingerprint density at radius 1 is 1.45 bits per heavy atom. The smallest absolute Gasteiger partial charge is 0.162 e. The van der Waals surface area contributed by atoms with Gasteiger partial charge in [0.05, 0.1) is 13.3 Å². The highest BCUT2D eigenvalue weighted by Gasteiger charge is 2.25. The van der Waals surface area contributed by atoms with Crippen LogP contribution in [0.25, 0.3) is 0 Å². The summed E-state index contributed by atoms with van der Waals surface area (Å²) in [7, 11) is 1.67. The molecule has 2 heterocycles. The molecule has 0 amide bonds. The number of methoxy groups -OCH3 is 1. The van der Waals surface area contributed by atoms with Crippen LogP contribution in [0.4, 0.5) is 0 Å². The van der Waals surface area contributed by atoms with Crippen LogP contribution in [-0.2, 0) is 0 Å². The normalized spacial score (nSPS) is 12.8. The fraction of sp³-hybridized carbons (Fsp3) is 0.571. The summed E-state index contributed by atoms with van der Waals surface area (Å²) in [6.07, 6.45) is 6.41. The number of ether oxygens (including phenoxy) is 1. The molecule has 110 valence electrons. The molecule has 6 nitrogen and oxygen atoms in total. The van der Waals surface area contributed by atoms with E-state index in [-0.39, 0.29) is 12.1 Å². The minimum Gasteiger partial charge on any atom is -0.493 e. The van der Waals surface area contributed by atoms with Crippen molar-refractivity contribution in [1.29, 1.82) is 0 Å². The van der Waals surface area contributed by atoms with Gasteiger partial charge in [-0.2, -0.15) is 5.10 Å². The fourth-order valence-electron chi connectivity index (χ4n) is 2.25. The van der Waals surface area contributed by atoms with Gasteiger partial charge in [-0.3, -0.25) is 4.68 Å². The molecule has 0 aliphatic heterocycles. The van der Waals surface area contributed by atoms with Crippen LogP contribution in [0, 0.1) is 0 Å². The zero-order chi connectivity index (χ0) is 14.5. The molecule has 0 saturated heterocycles. The number of aromatic amines is 1. The van der Waals surface area contributed by atoms with Crippen LogP contribution in [0.1, 0.15) is 50.8 Å². The molecule has 0 aromatic carbocycles. The van der Waals surface area contributed by atoms with Crippen LogP contribution >= 0.6 is 0 Å². The third-order valence-electron chi connectivity index (χ3n) is 3.17. The van der Waals surface area contributed by atoms with E-state index in [9.17, 15) is 0 Å². The lowest BCUT2D eigenvalue weighted by Crippen LogP contribution is -2.27. The summed E-state index contributed by atoms with van der Waals surface area (Å²) in [6, 6.07) is 0.208. The van der Waals surface area contributed by atoms with Crippen molar-refractivity contribution in [3.63, 3.8) is 0 Å². The monoisotopic (exact) mass is 277 g/mol. The van der Waals surface area contributed by atoms with Gasteiger partial charge in [0.25, 0.3) is 0 Å². The average molecular weight is 277 g/mol. The number of nitrogens with zero attached hydrogens (tertiary/aromatic N) is 3. The molecule has 2 N–H and O–H groups in total. The van der Waals surface area contributed by atoms with Gasteiger partial charge in [0.1, 0.15) is 17.6 Å². The Morgan fingerprint density at radius 2 is 2.25 bits per heavy atom. The van der Waals surface area contributed by atoms with Crippen molar-refractivity contribution in [3.8, 4) is 5.75 Å². The summed E-state index contributed by atoms with van der Waals surface area (Å²) in [6.45, 7) is 7.25. The van der Waals surface area contributed by atoms with E-state index in [1.807, 2.05) is 10.9 Å². The molecule has 0 bridgehead atoms. The third kappa shape index (κ3) is 2.85. The molecular weight excluding hydrogens is 254 g/mol. The van der Waals surface area contributed by atoms with Gasteiger partial charge in [0, 0.05) is 18.4 Å². The van der Waals surface area contributed by atoms with E-state index >= 15 is 0 Å². The highest BCUT2D eigenvalue weighted by molar-refractivity contribution is 5.32. The highest BCUT2D eigenvalue weighted by Crippen LogP contribution is 2.30. The van der Waals surface area contributed by atoms with Crippen LogP contribution in [0.15, 0.2) is 18.6 Å². The predicted octanol–water partition coefficient (Wildman–Crippen LogP) is 2.28. The Kier molecular flexibility index (Phi) is 4.79. The Bertz CT molecular complexity index is 518. The number of aromatic nitrogens is 4. The molecule has 0 spiro atoms. The number of rotatable bonds is 7. The largest absolute Gasteiger partial charge is 0.493 e. The summed E-state index contributed by atoms with van der Waals surface area (Å²) in [5.74, 6) is 1.66. The molecule has 6 heteroatoms. The van der Waals surface area contributed by atoms with Crippen molar-refractivity contribution < 1.29 is 4.74 Å². The highest BCUT2D eigenvalue weighted by atomic mass is 16.5. The summed E-state index contributed by atoms with van der Waals surface area (Å²) in [5.41, 5.74) is 1.01. The fourth-order valence-corrected chi connectivity index (χ4v) is 2.25. The summed E-state index contributed by atoms with van der Waals surface area (Å²) in [4.78, 5) is 7.57. The SMILES string of the molecule is CCCNC(c1ncc[nH]1)c1c(OC)cnn1C(C)C. The maximum atomic E-state index is 5.47. The van der Waals surface area contributed by atoms with E-state index in [1.165, 1.54) is 0 Å². The minimum atomic E-state index is -0.0511. The molecule has 0 saturated carbocycles. The number of imidazole rings is 1. The lowest BCUT2D eigenvalue weighted by molar-refractivity contribution is 0.391. The number of hydrogen-bond donors (Lipinski definition) is 2. The van der Waals surface area contributed by atoms with E-state index in [4.69, 9.17) is 4.74 Å². The third-order valence-corrected chi connectivity index (χ3v) is 3.17. The Hall–Kier alpha value is -1.82. The van der Waals surface area contributed by atoms with Gasteiger partial charge in [0.15, 0.2) is 5.75 Å². The van der Waals surface area contributed by atoms with E-state index < -0.39 is 0 Å². The van der Waals surface area contributed by atoms with Gasteiger partial charge in [-0.1, -0.05) is 6.92 Å². The molecule has 20 heavy (non-hydrogen) atoms. The van der Waals surface area contributed by atoms with E-state index in [0.29, 0.717) is 0 Å². The van der Waals surface area contributed by atoms with Crippen molar-refractivity contribution in [3.05, 3.63) is 30.1 Å². The number of nitrogens with one attached hydrogen (secondary N) is 2. The van der Waals surface area contributed by atoms with Gasteiger partial charge in [0.2, 0.25) is 0 Å². The average Bonchev–Trinajstić information content (AvgIpc) is 3.08. The second-order valence-corrected chi connectivity index (χ2v) is 5.00. The quantitative estimate of drug-likeness (QED) is 0.814. The molecule has 0 radical (unpaired) electrons. The maximum absolute atomic E-state index is 5.47. The van der Waals surface area contributed by atoms with Crippen molar-refractivity contribution in [1.82, 2.24) is 25.1 Å². The van der Waals surface area contributed by atoms with Gasteiger partial charge in [-0.25, -0.2) is 4.98 Å². The Labute approximate surface area is 119 Å². The molecule has 0 aliphatic rings. The van der Waals surface area contributed by atoms with Crippen LogP contribution in [0.3, 0.4) is 0 Å². The lowest BCUT2D eigenvalue weighted by atomic mass is 10.1. The van der Waals surface area contributed by atoms with Gasteiger partial charge >= 0.3 is 0 Å². The zero-order valence-corrected chi connectivity index (χ0v) is 12.6. The molecule has 2 rings (SSSR count). The first-order chi connectivity index (χ1) is 9.69. The van der Waals surface area contributed by atoms with E-state index in [0.717, 1.165) is 30.2 Å². The van der Waals surface area contributed by atoms with Crippen molar-refractivity contribution in [2.24, 2.45) is 0 Å². The van der Waals surface area contributed by atoms with Crippen molar-refractivity contribution >= 4 is 0 Å². The predicted molar refractivity (Wildman–Crippen MR) is 77.9 cm³/mol. The Morgan fingerprint density at radius 3 is 2.80 bits per heavy atom. The van der Waals surface area contributed by atoms with Crippen molar-refractivity contribution in [2.75, 3.05) is 13.7 Å². The summed E-state index contributed by atoms with van der Waals surface area (Å²) >= 11 is 0. The summed E-state index contributed by atoms with van der Waals surface area (Å²) < 4.78 is 7.45. The van der Waals surface area contributed by atoms with Gasteiger partial charge in [-0.15, -0.1) is 0 Å². The van der Waals surface area contributed by atoms with E-state index in [2.05, 4.69) is 41.2 Å². The second-order valence-electron chi connectivity index (χ2n) is 5.00. The van der Waals surface area contributed by atoms with Crippen LogP contribution < -0.4 is 10.1 Å². The van der Waals surface area contributed by atoms with Crippen LogP contribution in [-0.4, -0.2) is 33.4 Å². The standard InChI is InChI=1S/C14H23N5O/c1-5-6-15-12(14-16-7-8-17-14)13-11(20-4)9-18-19(13)10(2)3/h7-10,12,15H,5-6H2,1-4H3,(H,16,17). The van der Waals surface area contributed by atoms with E-state index in [1.54, 1.807) is 19.5 Å². The minimum absolute atomic E-state index is 0.0511. The maximum Gasteiger partial charge on any atom is 0.162 e. The van der Waals surface area contributed by atoms with Gasteiger partial charge in [-0.05, 0) is 26.8 Å². The topological polar surface area (TPSA) is 67.8 Å². The molecule has 0 aliphatic carbocycles. The molecule has 1 atom stereocenters. The second kappa shape index (κ2) is 6.56. The molecule has 1 unspecified atom stereocenters. The van der Waals surface area contributed by atoms with Gasteiger partial charge < -0.3 is 15.0 Å². The first-order valence-corrected chi connectivity index (χ1v) is 7.03. The first kappa shape index (κ1) is 14.6. The summed E-state index contributed by atoms with van der Waals surface area (Å²) in [5, 5.41) is 7.94. The molecule has 2 aromatic rings. The molecular formula is C14H23N5O. The van der Waals surface area contributed by atoms with Crippen LogP contribution in [0.2, 0.25) is 0 Å². The molecule has 2 aromatic heterocycles. The number of H-pyrrole nitrogens is 1. The zero-order valence-electron chi connectivity index (χ0n) is 12.6.